The van der Waals surface area contributed by atoms with Crippen LogP contribution in [-0.2, 0) is 0 Å². The maximum Gasteiger partial charge on any atom is 0.218 e. The number of benzene rings is 2. The molecule has 0 saturated heterocycles. The third-order valence-corrected chi connectivity index (χ3v) is 5.02. The smallest absolute Gasteiger partial charge is 0.218 e. The third kappa shape index (κ3) is 4.05. The molecule has 28 heavy (non-hydrogen) atoms. The van der Waals surface area contributed by atoms with Crippen molar-refractivity contribution in [1.29, 1.82) is 5.26 Å². The Morgan fingerprint density at radius 3 is 2.54 bits per heavy atom. The summed E-state index contributed by atoms with van der Waals surface area (Å²) >= 11 is 1.20. The van der Waals surface area contributed by atoms with E-state index in [1.807, 2.05) is 76.2 Å². The summed E-state index contributed by atoms with van der Waals surface area (Å²) in [5.41, 5.74) is 6.00. The maximum absolute atomic E-state index is 9.72. The third-order valence-electron chi connectivity index (χ3n) is 4.30. The van der Waals surface area contributed by atoms with Gasteiger partial charge in [0.15, 0.2) is 0 Å². The largest absolute Gasteiger partial charge is 0.443 e. The highest BCUT2D eigenvalue weighted by atomic mass is 32.1. The van der Waals surface area contributed by atoms with E-state index in [9.17, 15) is 5.26 Å². The molecule has 0 radical (unpaired) electrons. The zero-order chi connectivity index (χ0) is 20.3. The lowest BCUT2D eigenvalue weighted by Crippen LogP contribution is -2.07. The highest BCUT2D eigenvalue weighted by Gasteiger charge is 2.19. The number of hydrogen-bond acceptors (Lipinski definition) is 5. The Morgan fingerprint density at radius 2 is 1.86 bits per heavy atom. The van der Waals surface area contributed by atoms with Gasteiger partial charge >= 0.3 is 0 Å². The Kier molecular flexibility index (Phi) is 5.76. The number of aryl methyl sites for hydroxylation is 3. The average molecular weight is 391 g/mol. The van der Waals surface area contributed by atoms with Gasteiger partial charge in [-0.15, -0.1) is 0 Å². The zero-order valence-corrected chi connectivity index (χ0v) is 17.5. The first-order valence-corrected chi connectivity index (χ1v) is 9.63. The van der Waals surface area contributed by atoms with E-state index in [4.69, 9.17) is 4.74 Å². The number of rotatable bonds is 5. The van der Waals surface area contributed by atoms with E-state index in [-0.39, 0.29) is 0 Å². The van der Waals surface area contributed by atoms with Gasteiger partial charge in [-0.3, -0.25) is 0 Å². The maximum atomic E-state index is 9.72. The Bertz CT molecular complexity index is 1080. The van der Waals surface area contributed by atoms with E-state index in [0.717, 1.165) is 27.9 Å². The van der Waals surface area contributed by atoms with Crippen LogP contribution in [0.2, 0.25) is 0 Å². The molecule has 6 heteroatoms. The van der Waals surface area contributed by atoms with Crippen molar-refractivity contribution in [3.05, 3.63) is 58.7 Å². The summed E-state index contributed by atoms with van der Waals surface area (Å²) in [6.07, 6.45) is 1.77. The first kappa shape index (κ1) is 19.6. The molecule has 142 valence electrons. The summed E-state index contributed by atoms with van der Waals surface area (Å²) in [6.45, 7) is 5.97. The molecule has 0 aliphatic carbocycles. The fourth-order valence-electron chi connectivity index (χ4n) is 2.77. The first-order valence-electron chi connectivity index (χ1n) is 8.86. The lowest BCUT2D eigenvalue weighted by Gasteiger charge is -2.11. The second kappa shape index (κ2) is 8.24. The minimum absolute atomic E-state index is 0.464. The van der Waals surface area contributed by atoms with Gasteiger partial charge in [-0.05, 0) is 49.6 Å². The van der Waals surface area contributed by atoms with Crippen molar-refractivity contribution in [2.45, 2.75) is 20.8 Å². The van der Waals surface area contributed by atoms with Crippen molar-refractivity contribution in [3.63, 3.8) is 0 Å². The van der Waals surface area contributed by atoms with Gasteiger partial charge in [-0.2, -0.15) is 9.64 Å². The average Bonchev–Trinajstić information content (AvgIpc) is 3.06. The van der Waals surface area contributed by atoms with Gasteiger partial charge in [0.2, 0.25) is 5.06 Å². The fraction of sp³-hybridized carbons (Fsp3) is 0.227. The Morgan fingerprint density at radius 1 is 1.11 bits per heavy atom. The summed E-state index contributed by atoms with van der Waals surface area (Å²) in [4.78, 5) is 6.38. The molecule has 0 N–H and O–H groups in total. The van der Waals surface area contributed by atoms with Crippen molar-refractivity contribution >= 4 is 23.6 Å². The standard InChI is InChI=1S/C22H22N4OS/c1-14-8-6-7-9-17(14)21-18(12-23)22(28-25-21)27-20-11-15(2)19(10-16(20)3)24-13-26(4)5/h6-11,13H,1-5H3/b24-13-. The van der Waals surface area contributed by atoms with Gasteiger partial charge in [-0.1, -0.05) is 24.3 Å². The van der Waals surface area contributed by atoms with Crippen molar-refractivity contribution in [3.8, 4) is 28.1 Å². The number of aliphatic imine (C=N–C) groups is 1. The van der Waals surface area contributed by atoms with Crippen molar-refractivity contribution in [1.82, 2.24) is 9.27 Å². The lowest BCUT2D eigenvalue weighted by molar-refractivity contribution is 0.491. The number of nitriles is 1. The summed E-state index contributed by atoms with van der Waals surface area (Å²) in [5, 5.41) is 10.2. The van der Waals surface area contributed by atoms with E-state index in [1.165, 1.54) is 11.5 Å². The van der Waals surface area contributed by atoms with E-state index in [2.05, 4.69) is 15.4 Å². The summed E-state index contributed by atoms with van der Waals surface area (Å²) < 4.78 is 10.6. The molecule has 0 aliphatic rings. The van der Waals surface area contributed by atoms with E-state index in [1.54, 1.807) is 6.34 Å². The highest BCUT2D eigenvalue weighted by Crippen LogP contribution is 2.39. The molecule has 3 rings (SSSR count). The van der Waals surface area contributed by atoms with Gasteiger partial charge in [-0.25, -0.2) is 4.99 Å². The first-order chi connectivity index (χ1) is 13.4. The van der Waals surface area contributed by atoms with Crippen molar-refractivity contribution in [2.24, 2.45) is 4.99 Å². The molecule has 0 saturated carbocycles. The fourth-order valence-corrected chi connectivity index (χ4v) is 3.49. The quantitative estimate of drug-likeness (QED) is 0.419. The second-order valence-corrected chi connectivity index (χ2v) is 7.57. The number of hydrogen-bond donors (Lipinski definition) is 0. The molecular weight excluding hydrogens is 368 g/mol. The molecular formula is C22H22N4OS. The van der Waals surface area contributed by atoms with Crippen LogP contribution < -0.4 is 4.74 Å². The van der Waals surface area contributed by atoms with Crippen LogP contribution in [0.1, 0.15) is 22.3 Å². The number of nitrogens with zero attached hydrogens (tertiary/aromatic N) is 4. The van der Waals surface area contributed by atoms with E-state index in [0.29, 0.717) is 22.1 Å². The van der Waals surface area contributed by atoms with Crippen LogP contribution in [-0.4, -0.2) is 29.7 Å². The number of ether oxygens (including phenoxy) is 1. The SMILES string of the molecule is Cc1cc(Oc2snc(-c3ccccc3C)c2C#N)c(C)cc1/N=C\N(C)C. The summed E-state index contributed by atoms with van der Waals surface area (Å²) in [6, 6.07) is 14.1. The molecule has 3 aromatic rings. The Labute approximate surface area is 169 Å². The van der Waals surface area contributed by atoms with Gasteiger partial charge in [0.05, 0.1) is 12.0 Å². The van der Waals surface area contributed by atoms with Crippen LogP contribution in [0, 0.1) is 32.1 Å². The molecule has 0 spiro atoms. The van der Waals surface area contributed by atoms with Gasteiger partial charge < -0.3 is 9.64 Å². The summed E-state index contributed by atoms with van der Waals surface area (Å²) in [7, 11) is 3.87. The number of aromatic nitrogens is 1. The lowest BCUT2D eigenvalue weighted by atomic mass is 10.0. The molecule has 1 aromatic heterocycles. The van der Waals surface area contributed by atoms with E-state index < -0.39 is 0 Å². The van der Waals surface area contributed by atoms with Gasteiger partial charge in [0, 0.05) is 31.2 Å². The molecule has 0 aliphatic heterocycles. The van der Waals surface area contributed by atoms with Crippen LogP contribution >= 0.6 is 11.5 Å². The predicted molar refractivity (Wildman–Crippen MR) is 115 cm³/mol. The van der Waals surface area contributed by atoms with E-state index >= 15 is 0 Å². The normalized spacial score (nSPS) is 10.9. The molecule has 0 atom stereocenters. The van der Waals surface area contributed by atoms with Crippen molar-refractivity contribution < 1.29 is 4.74 Å². The molecule has 5 nitrogen and oxygen atoms in total. The van der Waals surface area contributed by atoms with Crippen LogP contribution in [0.5, 0.6) is 10.8 Å². The van der Waals surface area contributed by atoms with Crippen LogP contribution in [0.25, 0.3) is 11.3 Å². The molecule has 0 amide bonds. The van der Waals surface area contributed by atoms with Gasteiger partial charge in [0.1, 0.15) is 23.1 Å². The van der Waals surface area contributed by atoms with Crippen LogP contribution in [0.4, 0.5) is 5.69 Å². The van der Waals surface area contributed by atoms with Crippen LogP contribution in [0.15, 0.2) is 41.4 Å². The minimum Gasteiger partial charge on any atom is -0.443 e. The molecule has 1 heterocycles. The molecule has 0 bridgehead atoms. The van der Waals surface area contributed by atoms with Crippen molar-refractivity contribution in [2.75, 3.05) is 14.1 Å². The van der Waals surface area contributed by atoms with Gasteiger partial charge in [0.25, 0.3) is 0 Å². The molecule has 2 aromatic carbocycles. The highest BCUT2D eigenvalue weighted by molar-refractivity contribution is 7.08. The van der Waals surface area contributed by atoms with Crippen LogP contribution in [0.3, 0.4) is 0 Å². The summed E-state index contributed by atoms with van der Waals surface area (Å²) in [5.74, 6) is 0.706. The molecule has 0 fully saturated rings. The molecule has 0 unspecified atom stereocenters. The monoisotopic (exact) mass is 390 g/mol. The predicted octanol–water partition coefficient (Wildman–Crippen LogP) is 5.62. The Hall–Kier alpha value is -3.17. The zero-order valence-electron chi connectivity index (χ0n) is 16.6. The Balaban J connectivity index is 1.96. The second-order valence-electron chi connectivity index (χ2n) is 6.83. The minimum atomic E-state index is 0.464. The topological polar surface area (TPSA) is 61.5 Å².